The Morgan fingerprint density at radius 1 is 1.14 bits per heavy atom. The number of nitrogens with zero attached hydrogens (tertiary/aromatic N) is 4. The standard InChI is InChI=1S/C33H38F2N6O3/c1-3-21-18-41(33(43)38-24-5-4-22(28(15-24)31(34)35)17-40-12-10-39(2)11-13-40)19-23-14-26(6-7-27(21)23)44-30-8-9-36-32-29(30)16-25(20-42)37-32/h4-9,14-16,21,31,42H,3,10-13,17-20H2,1-2H3,(H,36,37)(H,38,43)/t21-/m0/s1. The summed E-state index contributed by atoms with van der Waals surface area (Å²) < 4.78 is 34.4. The van der Waals surface area contributed by atoms with Crippen molar-refractivity contribution in [3.05, 3.63) is 82.7 Å². The van der Waals surface area contributed by atoms with Crippen molar-refractivity contribution in [3.8, 4) is 11.5 Å². The number of likely N-dealkylation sites (N-methyl/N-ethyl adjacent to an activating group) is 1. The molecule has 232 valence electrons. The van der Waals surface area contributed by atoms with Gasteiger partial charge in [0.1, 0.15) is 17.1 Å². The average molecular weight is 605 g/mol. The molecule has 2 aliphatic heterocycles. The van der Waals surface area contributed by atoms with Gasteiger partial charge in [0.25, 0.3) is 6.43 Å². The third kappa shape index (κ3) is 6.40. The van der Waals surface area contributed by atoms with Gasteiger partial charge in [-0.15, -0.1) is 0 Å². The summed E-state index contributed by atoms with van der Waals surface area (Å²) in [6.07, 6.45) is -0.154. The molecule has 2 amide bonds. The number of amides is 2. The first kappa shape index (κ1) is 30.0. The van der Waals surface area contributed by atoms with E-state index in [4.69, 9.17) is 4.74 Å². The predicted octanol–water partition coefficient (Wildman–Crippen LogP) is 6.07. The number of carbonyl (C=O) groups is 1. The summed E-state index contributed by atoms with van der Waals surface area (Å²) in [4.78, 5) is 27.0. The number of H-pyrrole nitrogens is 1. The van der Waals surface area contributed by atoms with Gasteiger partial charge in [-0.05, 0) is 66.6 Å². The van der Waals surface area contributed by atoms with Gasteiger partial charge in [0.05, 0.1) is 12.0 Å². The van der Waals surface area contributed by atoms with Gasteiger partial charge in [0, 0.05) is 74.9 Å². The molecule has 0 spiro atoms. The fourth-order valence-corrected chi connectivity index (χ4v) is 6.15. The van der Waals surface area contributed by atoms with Crippen LogP contribution in [0.3, 0.4) is 0 Å². The molecule has 2 aromatic carbocycles. The molecule has 2 aliphatic rings. The molecule has 4 aromatic rings. The number of piperazine rings is 1. The molecule has 6 rings (SSSR count). The first-order chi connectivity index (χ1) is 21.3. The second-order valence-corrected chi connectivity index (χ2v) is 11.7. The lowest BCUT2D eigenvalue weighted by molar-refractivity contribution is 0.136. The third-order valence-electron chi connectivity index (χ3n) is 8.70. The lowest BCUT2D eigenvalue weighted by atomic mass is 9.88. The molecule has 2 aromatic heterocycles. The second-order valence-electron chi connectivity index (χ2n) is 11.7. The predicted molar refractivity (Wildman–Crippen MR) is 165 cm³/mol. The summed E-state index contributed by atoms with van der Waals surface area (Å²) in [6.45, 7) is 6.81. The van der Waals surface area contributed by atoms with Crippen LogP contribution in [-0.4, -0.2) is 75.6 Å². The molecule has 44 heavy (non-hydrogen) atoms. The molecule has 1 atom stereocenters. The van der Waals surface area contributed by atoms with Crippen LogP contribution >= 0.6 is 0 Å². The van der Waals surface area contributed by atoms with Crippen LogP contribution < -0.4 is 10.1 Å². The van der Waals surface area contributed by atoms with Crippen LogP contribution in [0, 0.1) is 0 Å². The number of ether oxygens (including phenoxy) is 1. The number of fused-ring (bicyclic) bond motifs is 2. The van der Waals surface area contributed by atoms with E-state index in [0.717, 1.165) is 43.5 Å². The van der Waals surface area contributed by atoms with E-state index in [1.54, 1.807) is 29.3 Å². The number of anilines is 1. The van der Waals surface area contributed by atoms with Crippen molar-refractivity contribution in [3.63, 3.8) is 0 Å². The summed E-state index contributed by atoms with van der Waals surface area (Å²) in [5.74, 6) is 1.36. The third-order valence-corrected chi connectivity index (χ3v) is 8.70. The Morgan fingerprint density at radius 2 is 1.95 bits per heavy atom. The number of pyridine rings is 1. The van der Waals surface area contributed by atoms with E-state index in [0.29, 0.717) is 53.7 Å². The van der Waals surface area contributed by atoms with Crippen LogP contribution in [0.25, 0.3) is 11.0 Å². The van der Waals surface area contributed by atoms with Crippen molar-refractivity contribution in [1.82, 2.24) is 24.7 Å². The highest BCUT2D eigenvalue weighted by Crippen LogP contribution is 2.36. The van der Waals surface area contributed by atoms with Crippen molar-refractivity contribution in [2.45, 2.75) is 45.4 Å². The molecule has 3 N–H and O–H groups in total. The van der Waals surface area contributed by atoms with Gasteiger partial charge in [-0.3, -0.25) is 4.90 Å². The topological polar surface area (TPSA) is 97.0 Å². The molecular formula is C33H38F2N6O3. The minimum atomic E-state index is -2.64. The number of aromatic nitrogens is 2. The van der Waals surface area contributed by atoms with E-state index in [-0.39, 0.29) is 24.1 Å². The number of nitrogens with one attached hydrogen (secondary N) is 2. The molecular weight excluding hydrogens is 566 g/mol. The van der Waals surface area contributed by atoms with Crippen molar-refractivity contribution in [2.75, 3.05) is 45.1 Å². The number of rotatable bonds is 8. The highest BCUT2D eigenvalue weighted by molar-refractivity contribution is 5.90. The lowest BCUT2D eigenvalue weighted by Gasteiger charge is -2.34. The summed E-state index contributed by atoms with van der Waals surface area (Å²) in [6, 6.07) is 14.0. The first-order valence-electron chi connectivity index (χ1n) is 15.1. The molecule has 0 radical (unpaired) electrons. The normalized spacial score (nSPS) is 17.7. The zero-order chi connectivity index (χ0) is 30.8. The summed E-state index contributed by atoms with van der Waals surface area (Å²) in [5, 5.41) is 13.1. The van der Waals surface area contributed by atoms with Crippen LogP contribution in [0.15, 0.2) is 54.7 Å². The molecule has 1 saturated heterocycles. The van der Waals surface area contributed by atoms with E-state index >= 15 is 0 Å². The molecule has 11 heteroatoms. The van der Waals surface area contributed by atoms with Gasteiger partial charge in [-0.2, -0.15) is 0 Å². The molecule has 0 aliphatic carbocycles. The zero-order valence-corrected chi connectivity index (χ0v) is 25.0. The molecule has 1 fully saturated rings. The van der Waals surface area contributed by atoms with Gasteiger partial charge in [-0.1, -0.05) is 19.1 Å². The Bertz CT molecular complexity index is 1640. The van der Waals surface area contributed by atoms with Crippen LogP contribution in [0.1, 0.15) is 53.6 Å². The van der Waals surface area contributed by atoms with Gasteiger partial charge >= 0.3 is 6.03 Å². The van der Waals surface area contributed by atoms with E-state index < -0.39 is 6.43 Å². The van der Waals surface area contributed by atoms with E-state index in [1.165, 1.54) is 11.6 Å². The van der Waals surface area contributed by atoms with E-state index in [9.17, 15) is 18.7 Å². The Hall–Kier alpha value is -4.06. The molecule has 0 bridgehead atoms. The number of aliphatic hydroxyl groups excluding tert-OH is 1. The number of carbonyl (C=O) groups excluding carboxylic acids is 1. The van der Waals surface area contributed by atoms with Gasteiger partial charge < -0.3 is 29.9 Å². The number of hydrogen-bond donors (Lipinski definition) is 3. The maximum Gasteiger partial charge on any atom is 0.322 e. The Labute approximate surface area is 255 Å². The number of aliphatic hydroxyl groups is 1. The number of urea groups is 1. The van der Waals surface area contributed by atoms with Crippen LogP contribution in [0.4, 0.5) is 19.3 Å². The van der Waals surface area contributed by atoms with Crippen molar-refractivity contribution in [2.24, 2.45) is 0 Å². The largest absolute Gasteiger partial charge is 0.457 e. The number of hydrogen-bond acceptors (Lipinski definition) is 6. The highest BCUT2D eigenvalue weighted by atomic mass is 19.3. The summed E-state index contributed by atoms with van der Waals surface area (Å²) in [7, 11) is 2.06. The lowest BCUT2D eigenvalue weighted by Crippen LogP contribution is -2.44. The second kappa shape index (κ2) is 12.9. The summed E-state index contributed by atoms with van der Waals surface area (Å²) in [5.41, 5.74) is 4.32. The highest BCUT2D eigenvalue weighted by Gasteiger charge is 2.28. The molecule has 0 saturated carbocycles. The smallest absolute Gasteiger partial charge is 0.322 e. The molecule has 9 nitrogen and oxygen atoms in total. The van der Waals surface area contributed by atoms with E-state index in [1.807, 2.05) is 18.2 Å². The van der Waals surface area contributed by atoms with Crippen molar-refractivity contribution >= 4 is 22.8 Å². The zero-order valence-electron chi connectivity index (χ0n) is 25.0. The summed E-state index contributed by atoms with van der Waals surface area (Å²) >= 11 is 0. The van der Waals surface area contributed by atoms with Gasteiger partial charge in [0.2, 0.25) is 0 Å². The van der Waals surface area contributed by atoms with Crippen molar-refractivity contribution < 1.29 is 23.4 Å². The molecule has 4 heterocycles. The van der Waals surface area contributed by atoms with E-state index in [2.05, 4.69) is 45.1 Å². The van der Waals surface area contributed by atoms with Crippen LogP contribution in [-0.2, 0) is 19.7 Å². The Morgan fingerprint density at radius 3 is 2.70 bits per heavy atom. The van der Waals surface area contributed by atoms with Gasteiger partial charge in [-0.25, -0.2) is 18.6 Å². The van der Waals surface area contributed by atoms with Crippen LogP contribution in [0.2, 0.25) is 0 Å². The quantitative estimate of drug-likeness (QED) is 0.226. The minimum absolute atomic E-state index is 0.0438. The number of alkyl halides is 2. The number of halogens is 2. The Balaban J connectivity index is 1.17. The fourth-order valence-electron chi connectivity index (χ4n) is 6.15. The maximum absolute atomic E-state index is 14.1. The van der Waals surface area contributed by atoms with Gasteiger partial charge in [0.15, 0.2) is 0 Å². The maximum atomic E-state index is 14.1. The monoisotopic (exact) mass is 604 g/mol. The number of aromatic amines is 1. The average Bonchev–Trinajstić information content (AvgIpc) is 3.47. The van der Waals surface area contributed by atoms with Crippen LogP contribution in [0.5, 0.6) is 11.5 Å². The number of benzene rings is 2. The van der Waals surface area contributed by atoms with Crippen molar-refractivity contribution in [1.29, 1.82) is 0 Å². The Kier molecular flexibility index (Phi) is 8.79. The first-order valence-corrected chi connectivity index (χ1v) is 15.1. The minimum Gasteiger partial charge on any atom is -0.457 e. The fraction of sp³-hybridized carbons (Fsp3) is 0.394. The SMILES string of the molecule is CC[C@H]1CN(C(=O)Nc2ccc(CN3CCN(C)CC3)c(C(F)F)c2)Cc2cc(Oc3ccnc4[nH]c(CO)cc34)ccc21. The molecule has 0 unspecified atom stereocenters.